The Morgan fingerprint density at radius 3 is 2.34 bits per heavy atom. The van der Waals surface area contributed by atoms with Crippen LogP contribution >= 0.6 is 0 Å². The number of nitrogens with one attached hydrogen (secondary N) is 1. The Hall–Kier alpha value is -4.66. The number of hydrogen-bond donors (Lipinski definition) is 2. The second-order valence-corrected chi connectivity index (χ2v) is 7.96. The average Bonchev–Trinajstić information content (AvgIpc) is 2.88. The maximum Gasteiger partial charge on any atom is 0.341 e. The Balaban J connectivity index is 1.54. The maximum atomic E-state index is 13.2. The number of rotatable bonds is 8. The van der Waals surface area contributed by atoms with Gasteiger partial charge in [0.25, 0.3) is 11.5 Å². The number of aliphatic carboxylic acids is 1. The van der Waals surface area contributed by atoms with Gasteiger partial charge >= 0.3 is 11.7 Å². The Morgan fingerprint density at radius 1 is 0.943 bits per heavy atom. The largest absolute Gasteiger partial charge is 0.482 e. The molecule has 1 amide bonds. The van der Waals surface area contributed by atoms with Gasteiger partial charge in [0.2, 0.25) is 0 Å². The van der Waals surface area contributed by atoms with E-state index in [0.717, 1.165) is 15.7 Å². The van der Waals surface area contributed by atoms with Crippen LogP contribution in [0.4, 0.5) is 0 Å². The number of carboxylic acids is 1. The summed E-state index contributed by atoms with van der Waals surface area (Å²) in [5.74, 6) is -1.03. The van der Waals surface area contributed by atoms with Crippen molar-refractivity contribution < 1.29 is 19.4 Å². The molecule has 0 bridgehead atoms. The zero-order chi connectivity index (χ0) is 24.9. The first-order valence-electron chi connectivity index (χ1n) is 10.8. The summed E-state index contributed by atoms with van der Waals surface area (Å²) in [5, 5.41) is 11.7. The molecule has 178 valence electrons. The number of ether oxygens (including phenoxy) is 1. The van der Waals surface area contributed by atoms with Crippen molar-refractivity contribution in [3.8, 4) is 5.75 Å². The molecule has 4 rings (SSSR count). The van der Waals surface area contributed by atoms with E-state index in [4.69, 9.17) is 9.84 Å². The monoisotopic (exact) mass is 473 g/mol. The minimum Gasteiger partial charge on any atom is -0.482 e. The van der Waals surface area contributed by atoms with Crippen molar-refractivity contribution in [1.82, 2.24) is 14.5 Å². The molecular weight excluding hydrogens is 450 g/mol. The van der Waals surface area contributed by atoms with Crippen LogP contribution in [0.3, 0.4) is 0 Å². The van der Waals surface area contributed by atoms with E-state index in [1.54, 1.807) is 43.4 Å². The average molecular weight is 473 g/mol. The van der Waals surface area contributed by atoms with Crippen LogP contribution in [0, 0.1) is 0 Å². The fourth-order valence-electron chi connectivity index (χ4n) is 3.70. The van der Waals surface area contributed by atoms with Gasteiger partial charge < -0.3 is 15.2 Å². The van der Waals surface area contributed by atoms with E-state index < -0.39 is 23.8 Å². The predicted molar refractivity (Wildman–Crippen MR) is 130 cm³/mol. The van der Waals surface area contributed by atoms with Crippen LogP contribution in [0.25, 0.3) is 10.9 Å². The van der Waals surface area contributed by atoms with Gasteiger partial charge in [-0.15, -0.1) is 0 Å². The minimum absolute atomic E-state index is 0.130. The third-order valence-corrected chi connectivity index (χ3v) is 5.54. The number of hydrogen-bond acceptors (Lipinski definition) is 5. The first-order valence-corrected chi connectivity index (χ1v) is 10.8. The smallest absolute Gasteiger partial charge is 0.341 e. The zero-order valence-corrected chi connectivity index (χ0v) is 18.9. The van der Waals surface area contributed by atoms with Gasteiger partial charge in [0.15, 0.2) is 6.61 Å². The van der Waals surface area contributed by atoms with Crippen LogP contribution in [-0.2, 0) is 24.9 Å². The van der Waals surface area contributed by atoms with Crippen LogP contribution in [0.2, 0.25) is 0 Å². The van der Waals surface area contributed by atoms with Gasteiger partial charge in [-0.1, -0.05) is 42.5 Å². The van der Waals surface area contributed by atoms with Gasteiger partial charge in [0.1, 0.15) is 5.75 Å². The number of benzene rings is 3. The number of amides is 1. The van der Waals surface area contributed by atoms with E-state index in [1.165, 1.54) is 10.6 Å². The van der Waals surface area contributed by atoms with Gasteiger partial charge in [0, 0.05) is 19.2 Å². The number of carbonyl (C=O) groups is 2. The van der Waals surface area contributed by atoms with Crippen LogP contribution in [0.1, 0.15) is 21.5 Å². The van der Waals surface area contributed by atoms with Crippen LogP contribution < -0.4 is 21.3 Å². The lowest BCUT2D eigenvalue weighted by atomic mass is 10.1. The molecule has 0 saturated heterocycles. The molecule has 4 aromatic rings. The summed E-state index contributed by atoms with van der Waals surface area (Å²) in [6.07, 6.45) is 0. The van der Waals surface area contributed by atoms with E-state index in [-0.39, 0.29) is 24.4 Å². The van der Waals surface area contributed by atoms with Crippen molar-refractivity contribution in [2.24, 2.45) is 7.05 Å². The highest BCUT2D eigenvalue weighted by Crippen LogP contribution is 2.14. The number of fused-ring (bicyclic) bond motifs is 1. The van der Waals surface area contributed by atoms with Crippen LogP contribution in [0.5, 0.6) is 5.75 Å². The molecule has 0 fully saturated rings. The first-order chi connectivity index (χ1) is 16.8. The highest BCUT2D eigenvalue weighted by Gasteiger charge is 2.14. The van der Waals surface area contributed by atoms with Crippen molar-refractivity contribution in [3.05, 3.63) is 110 Å². The molecule has 9 nitrogen and oxygen atoms in total. The van der Waals surface area contributed by atoms with Gasteiger partial charge in [-0.05, 0) is 41.5 Å². The molecule has 0 aliphatic rings. The highest BCUT2D eigenvalue weighted by molar-refractivity contribution is 5.97. The van der Waals surface area contributed by atoms with Gasteiger partial charge in [-0.25, -0.2) is 9.59 Å². The topological polar surface area (TPSA) is 120 Å². The summed E-state index contributed by atoms with van der Waals surface area (Å²) in [4.78, 5) is 49.3. The predicted octanol–water partition coefficient (Wildman–Crippen LogP) is 2.14. The number of aromatic nitrogens is 2. The Morgan fingerprint density at radius 2 is 1.66 bits per heavy atom. The number of carbonyl (C=O) groups excluding carboxylic acids is 1. The van der Waals surface area contributed by atoms with Gasteiger partial charge in [-0.3, -0.25) is 18.7 Å². The van der Waals surface area contributed by atoms with E-state index in [1.807, 2.05) is 30.3 Å². The molecule has 35 heavy (non-hydrogen) atoms. The quantitative estimate of drug-likeness (QED) is 0.405. The molecule has 1 aromatic heterocycles. The Labute approximate surface area is 199 Å². The summed E-state index contributed by atoms with van der Waals surface area (Å²) < 4.78 is 7.65. The summed E-state index contributed by atoms with van der Waals surface area (Å²) in [5.41, 5.74) is 1.45. The highest BCUT2D eigenvalue weighted by atomic mass is 16.5. The molecule has 0 radical (unpaired) electrons. The van der Waals surface area contributed by atoms with Crippen molar-refractivity contribution >= 4 is 22.8 Å². The molecule has 0 atom stereocenters. The van der Waals surface area contributed by atoms with Crippen LogP contribution in [0.15, 0.2) is 82.4 Å². The SMILES string of the molecule is Cn1c(=O)n(Cc2ccccc2)c(=O)c2cc(C(=O)NCc3ccc(OCC(=O)O)cc3)ccc21. The number of aryl methyl sites for hydroxylation is 1. The standard InChI is InChI=1S/C26H23N3O6/c1-28-22-12-9-19(24(32)27-14-17-7-10-20(11-8-17)35-16-23(30)31)13-21(22)25(33)29(26(28)34)15-18-5-3-2-4-6-18/h2-13H,14-16H2,1H3,(H,27,32)(H,30,31). The van der Waals surface area contributed by atoms with Crippen LogP contribution in [-0.4, -0.2) is 32.7 Å². The molecule has 0 spiro atoms. The van der Waals surface area contributed by atoms with Crippen molar-refractivity contribution in [2.75, 3.05) is 6.61 Å². The van der Waals surface area contributed by atoms with E-state index in [2.05, 4.69) is 5.32 Å². The lowest BCUT2D eigenvalue weighted by molar-refractivity contribution is -0.139. The van der Waals surface area contributed by atoms with E-state index >= 15 is 0 Å². The van der Waals surface area contributed by atoms with Gasteiger partial charge in [0.05, 0.1) is 17.4 Å². The lowest BCUT2D eigenvalue weighted by Gasteiger charge is -2.12. The molecule has 0 unspecified atom stereocenters. The van der Waals surface area contributed by atoms with E-state index in [9.17, 15) is 19.2 Å². The molecule has 0 saturated carbocycles. The third kappa shape index (κ3) is 5.30. The zero-order valence-electron chi connectivity index (χ0n) is 18.9. The summed E-state index contributed by atoms with van der Waals surface area (Å²) in [7, 11) is 1.59. The second kappa shape index (κ2) is 10.1. The molecule has 9 heteroatoms. The molecule has 3 aromatic carbocycles. The molecule has 2 N–H and O–H groups in total. The van der Waals surface area contributed by atoms with Gasteiger partial charge in [-0.2, -0.15) is 0 Å². The van der Waals surface area contributed by atoms with Crippen molar-refractivity contribution in [1.29, 1.82) is 0 Å². The Kier molecular flexibility index (Phi) is 6.77. The molecule has 0 aliphatic carbocycles. The van der Waals surface area contributed by atoms with Crippen molar-refractivity contribution in [2.45, 2.75) is 13.1 Å². The fourth-order valence-corrected chi connectivity index (χ4v) is 3.70. The fraction of sp³-hybridized carbons (Fsp3) is 0.154. The summed E-state index contributed by atoms with van der Waals surface area (Å²) in [6.45, 7) is -0.0802. The number of carboxylic acid groups (broad SMARTS) is 1. The first kappa shape index (κ1) is 23.5. The molecule has 0 aliphatic heterocycles. The normalized spacial score (nSPS) is 10.8. The summed E-state index contributed by atoms with van der Waals surface area (Å²) in [6, 6.07) is 20.5. The second-order valence-electron chi connectivity index (χ2n) is 7.96. The lowest BCUT2D eigenvalue weighted by Crippen LogP contribution is -2.39. The third-order valence-electron chi connectivity index (χ3n) is 5.54. The number of nitrogens with zero attached hydrogens (tertiary/aromatic N) is 2. The molecule has 1 heterocycles. The maximum absolute atomic E-state index is 13.2. The minimum atomic E-state index is -1.07. The van der Waals surface area contributed by atoms with Crippen molar-refractivity contribution in [3.63, 3.8) is 0 Å². The molecular formula is C26H23N3O6. The van der Waals surface area contributed by atoms with E-state index in [0.29, 0.717) is 16.8 Å². The Bertz CT molecular complexity index is 1500. The summed E-state index contributed by atoms with van der Waals surface area (Å²) >= 11 is 0.